The first-order valence-corrected chi connectivity index (χ1v) is 16.1. The molecule has 0 saturated heterocycles. The highest BCUT2D eigenvalue weighted by Crippen LogP contribution is 2.50. The Labute approximate surface area is 285 Å². The summed E-state index contributed by atoms with van der Waals surface area (Å²) in [6.45, 7) is 12.8. The van der Waals surface area contributed by atoms with Gasteiger partial charge in [0.05, 0.1) is 17.0 Å². The second kappa shape index (κ2) is 14.5. The number of hydrogen-bond donors (Lipinski definition) is 2. The number of aliphatic hydroxyl groups is 2. The molecule has 2 N–H and O–H groups in total. The van der Waals surface area contributed by atoms with Crippen molar-refractivity contribution in [1.82, 2.24) is 0 Å². The lowest BCUT2D eigenvalue weighted by molar-refractivity contribution is -0.167. The van der Waals surface area contributed by atoms with E-state index < -0.39 is 89.0 Å². The van der Waals surface area contributed by atoms with Crippen LogP contribution in [0, 0.1) is 17.3 Å². The third kappa shape index (κ3) is 8.17. The number of allylic oxidation sites excluding steroid dienone is 1. The fraction of sp³-hybridized carbons (Fsp3) is 0.447. The minimum atomic E-state index is -2.39. The van der Waals surface area contributed by atoms with Gasteiger partial charge < -0.3 is 29.2 Å². The largest absolute Gasteiger partial charge is 0.458 e. The van der Waals surface area contributed by atoms with Crippen molar-refractivity contribution >= 4 is 29.7 Å². The van der Waals surface area contributed by atoms with E-state index in [9.17, 15) is 34.2 Å². The molecular formula is C38H44O11. The predicted molar refractivity (Wildman–Crippen MR) is 177 cm³/mol. The normalized spacial score (nSPS) is 32.0. The van der Waals surface area contributed by atoms with Crippen LogP contribution in [-0.2, 0) is 33.3 Å². The SMILES string of the molecule is C=C1C[C@H](OC(C)=O)[C@@H](OC(=O)c2ccccc2)C(C)(C)/C=C/[C@H](C)C(=O)[C@@]2(O)C[C@@](C)(O)[C@H](OC(=O)c3ccccc3)[C@@H]2[C@H]1OC(C)=O. The van der Waals surface area contributed by atoms with E-state index in [1.54, 1.807) is 68.5 Å². The summed E-state index contributed by atoms with van der Waals surface area (Å²) in [6.07, 6.45) is -3.16. The highest BCUT2D eigenvalue weighted by Gasteiger charge is 2.67. The van der Waals surface area contributed by atoms with Crippen LogP contribution < -0.4 is 0 Å². The van der Waals surface area contributed by atoms with Gasteiger partial charge in [-0.2, -0.15) is 0 Å². The lowest BCUT2D eigenvalue weighted by Gasteiger charge is -2.41. The van der Waals surface area contributed by atoms with Gasteiger partial charge in [-0.3, -0.25) is 14.4 Å². The van der Waals surface area contributed by atoms with Crippen molar-refractivity contribution in [2.75, 3.05) is 0 Å². The molecule has 0 unspecified atom stereocenters. The highest BCUT2D eigenvalue weighted by atomic mass is 16.6. The number of fused-ring (bicyclic) bond motifs is 1. The third-order valence-corrected chi connectivity index (χ3v) is 9.13. The third-order valence-electron chi connectivity index (χ3n) is 9.13. The Kier molecular flexibility index (Phi) is 11.0. The molecule has 4 rings (SSSR count). The van der Waals surface area contributed by atoms with Crippen LogP contribution in [0.1, 0.15) is 75.1 Å². The summed E-state index contributed by atoms with van der Waals surface area (Å²) in [6, 6.07) is 16.2. The monoisotopic (exact) mass is 676 g/mol. The molecule has 11 heteroatoms. The fourth-order valence-electron chi connectivity index (χ4n) is 6.84. The van der Waals surface area contributed by atoms with Crippen LogP contribution in [0.5, 0.6) is 0 Å². The Morgan fingerprint density at radius 3 is 1.76 bits per heavy atom. The standard InChI is InChI=1S/C38H44O11/c1-22-18-19-36(5,6)32(48-34(42)26-14-10-8-11-15-26)28(46-24(3)39)20-23(2)30(47-25(4)40)29-33(37(7,44)21-38(29,45)31(22)41)49-35(43)27-16-12-9-13-17-27/h8-19,22,28-30,32-33,44-45H,2,20-21H2,1,3-7H3/b19-18+/t22-,28-,29-,30-,32+,33+,37+,38+/m0/s1. The molecule has 49 heavy (non-hydrogen) atoms. The van der Waals surface area contributed by atoms with Crippen molar-refractivity contribution in [2.45, 2.75) is 90.0 Å². The molecule has 0 spiro atoms. The van der Waals surface area contributed by atoms with Gasteiger partial charge in [0.1, 0.15) is 35.6 Å². The van der Waals surface area contributed by atoms with Crippen LogP contribution in [0.2, 0.25) is 0 Å². The number of hydrogen-bond acceptors (Lipinski definition) is 11. The number of ketones is 1. The minimum Gasteiger partial charge on any atom is -0.458 e. The minimum absolute atomic E-state index is 0.0462. The number of Topliss-reactive ketones (excluding diaryl/α,β-unsaturated/α-hetero) is 1. The predicted octanol–water partition coefficient (Wildman–Crippen LogP) is 4.55. The zero-order valence-electron chi connectivity index (χ0n) is 28.6. The number of carbonyl (C=O) groups excluding carboxylic acids is 5. The van der Waals surface area contributed by atoms with Crippen molar-refractivity contribution < 1.29 is 53.1 Å². The lowest BCUT2D eigenvalue weighted by Crippen LogP contribution is -2.55. The van der Waals surface area contributed by atoms with Crippen molar-refractivity contribution in [3.63, 3.8) is 0 Å². The summed E-state index contributed by atoms with van der Waals surface area (Å²) in [5, 5.41) is 24.1. The van der Waals surface area contributed by atoms with Gasteiger partial charge in [-0.1, -0.05) is 75.9 Å². The Hall–Kier alpha value is -4.61. The number of esters is 4. The molecule has 0 aliphatic heterocycles. The van der Waals surface area contributed by atoms with Crippen molar-refractivity contribution in [3.8, 4) is 0 Å². The molecule has 0 amide bonds. The maximum atomic E-state index is 14.3. The van der Waals surface area contributed by atoms with E-state index in [0.29, 0.717) is 0 Å². The first kappa shape index (κ1) is 37.2. The fourth-order valence-corrected chi connectivity index (χ4v) is 6.84. The van der Waals surface area contributed by atoms with Gasteiger partial charge in [-0.15, -0.1) is 0 Å². The van der Waals surface area contributed by atoms with E-state index in [-0.39, 0.29) is 23.1 Å². The van der Waals surface area contributed by atoms with Gasteiger partial charge in [0.25, 0.3) is 0 Å². The first-order valence-electron chi connectivity index (χ1n) is 16.1. The summed E-state index contributed by atoms with van der Waals surface area (Å²) in [5.41, 5.74) is -5.01. The smallest absolute Gasteiger partial charge is 0.338 e. The Bertz CT molecular complexity index is 1610. The molecule has 2 aliphatic rings. The number of ether oxygens (including phenoxy) is 4. The van der Waals surface area contributed by atoms with Crippen LogP contribution in [0.25, 0.3) is 0 Å². The van der Waals surface area contributed by atoms with Crippen LogP contribution in [0.15, 0.2) is 85.0 Å². The zero-order valence-corrected chi connectivity index (χ0v) is 28.6. The van der Waals surface area contributed by atoms with E-state index in [1.165, 1.54) is 39.0 Å². The number of carbonyl (C=O) groups is 5. The van der Waals surface area contributed by atoms with Crippen LogP contribution in [-0.4, -0.2) is 75.5 Å². The Morgan fingerprint density at radius 1 is 0.776 bits per heavy atom. The molecular weight excluding hydrogens is 632 g/mol. The van der Waals surface area contributed by atoms with Crippen LogP contribution in [0.4, 0.5) is 0 Å². The Balaban J connectivity index is 1.89. The van der Waals surface area contributed by atoms with E-state index in [1.807, 2.05) is 0 Å². The van der Waals surface area contributed by atoms with Crippen LogP contribution >= 0.6 is 0 Å². The summed E-state index contributed by atoms with van der Waals surface area (Å²) in [5.74, 6) is -6.36. The molecule has 262 valence electrons. The van der Waals surface area contributed by atoms with E-state index >= 15 is 0 Å². The summed E-state index contributed by atoms with van der Waals surface area (Å²) < 4.78 is 23.4. The summed E-state index contributed by atoms with van der Waals surface area (Å²) >= 11 is 0. The maximum Gasteiger partial charge on any atom is 0.338 e. The molecule has 2 aromatic carbocycles. The Morgan fingerprint density at radius 2 is 1.27 bits per heavy atom. The molecule has 1 fully saturated rings. The maximum absolute atomic E-state index is 14.3. The summed E-state index contributed by atoms with van der Waals surface area (Å²) in [4.78, 5) is 66.2. The molecule has 0 bridgehead atoms. The van der Waals surface area contributed by atoms with Crippen molar-refractivity contribution in [3.05, 3.63) is 96.1 Å². The van der Waals surface area contributed by atoms with E-state index in [2.05, 4.69) is 6.58 Å². The first-order chi connectivity index (χ1) is 22.9. The second-order valence-electron chi connectivity index (χ2n) is 13.7. The topological polar surface area (TPSA) is 163 Å². The molecule has 0 heterocycles. The number of benzene rings is 2. The molecule has 2 aromatic rings. The molecule has 8 atom stereocenters. The zero-order chi connectivity index (χ0) is 36.3. The van der Waals surface area contributed by atoms with E-state index in [4.69, 9.17) is 18.9 Å². The quantitative estimate of drug-likeness (QED) is 0.251. The van der Waals surface area contributed by atoms with Gasteiger partial charge in [-0.25, -0.2) is 9.59 Å². The van der Waals surface area contributed by atoms with Gasteiger partial charge in [-0.05, 0) is 36.8 Å². The molecule has 0 aromatic heterocycles. The van der Waals surface area contributed by atoms with Crippen molar-refractivity contribution in [1.29, 1.82) is 0 Å². The van der Waals surface area contributed by atoms with Crippen LogP contribution in [0.3, 0.4) is 0 Å². The van der Waals surface area contributed by atoms with Gasteiger partial charge in [0, 0.05) is 38.0 Å². The summed E-state index contributed by atoms with van der Waals surface area (Å²) in [7, 11) is 0. The van der Waals surface area contributed by atoms with Gasteiger partial charge in [0.15, 0.2) is 5.78 Å². The van der Waals surface area contributed by atoms with Crippen molar-refractivity contribution in [2.24, 2.45) is 17.3 Å². The average Bonchev–Trinajstić information content (AvgIpc) is 3.24. The molecule has 11 nitrogen and oxygen atoms in total. The van der Waals surface area contributed by atoms with Gasteiger partial charge >= 0.3 is 23.9 Å². The second-order valence-corrected chi connectivity index (χ2v) is 13.7. The highest BCUT2D eigenvalue weighted by molar-refractivity contribution is 5.93. The average molecular weight is 677 g/mol. The lowest BCUT2D eigenvalue weighted by atomic mass is 9.73. The molecule has 0 radical (unpaired) electrons. The number of rotatable bonds is 6. The van der Waals surface area contributed by atoms with E-state index in [0.717, 1.165) is 6.92 Å². The molecule has 2 aliphatic carbocycles. The molecule has 1 saturated carbocycles. The van der Waals surface area contributed by atoms with Gasteiger partial charge in [0.2, 0.25) is 0 Å².